The number of hydrogen-bond donors (Lipinski definition) is 1. The molecule has 6 heteroatoms. The van der Waals surface area contributed by atoms with E-state index >= 15 is 0 Å². The second kappa shape index (κ2) is 6.59. The highest BCUT2D eigenvalue weighted by Crippen LogP contribution is 2.29. The van der Waals surface area contributed by atoms with Crippen LogP contribution in [0.2, 0.25) is 5.02 Å². The van der Waals surface area contributed by atoms with Gasteiger partial charge in [-0.15, -0.1) is 0 Å². The van der Waals surface area contributed by atoms with Crippen LogP contribution in [0.25, 0.3) is 0 Å². The predicted octanol–water partition coefficient (Wildman–Crippen LogP) is 2.82. The van der Waals surface area contributed by atoms with Gasteiger partial charge in [-0.25, -0.2) is 0 Å². The van der Waals surface area contributed by atoms with Gasteiger partial charge in [0.05, 0.1) is 6.04 Å². The number of halogens is 1. The number of aromatic nitrogens is 2. The molecule has 1 fully saturated rings. The summed E-state index contributed by atoms with van der Waals surface area (Å²) in [5, 5.41) is 8.35. The third kappa shape index (κ3) is 3.74. The molecule has 1 atom stereocenters. The molecule has 0 saturated carbocycles. The van der Waals surface area contributed by atoms with Crippen molar-refractivity contribution in [2.75, 3.05) is 26.7 Å². The van der Waals surface area contributed by atoms with E-state index in [-0.39, 0.29) is 11.5 Å². The Morgan fingerprint density at radius 3 is 3.00 bits per heavy atom. The van der Waals surface area contributed by atoms with Crippen molar-refractivity contribution < 1.29 is 4.52 Å². The van der Waals surface area contributed by atoms with E-state index in [1.165, 1.54) is 5.56 Å². The highest BCUT2D eigenvalue weighted by molar-refractivity contribution is 6.30. The Hall–Kier alpha value is -1.43. The van der Waals surface area contributed by atoms with Crippen molar-refractivity contribution >= 4 is 11.6 Å². The average Bonchev–Trinajstić information content (AvgIpc) is 2.98. The van der Waals surface area contributed by atoms with Gasteiger partial charge < -0.3 is 9.84 Å². The summed E-state index contributed by atoms with van der Waals surface area (Å²) in [6, 6.07) is 8.08. The van der Waals surface area contributed by atoms with Gasteiger partial charge in [-0.2, -0.15) is 4.98 Å². The van der Waals surface area contributed by atoms with E-state index in [0.29, 0.717) is 5.89 Å². The first-order chi connectivity index (χ1) is 11.0. The van der Waals surface area contributed by atoms with E-state index in [1.807, 2.05) is 18.2 Å². The lowest BCUT2D eigenvalue weighted by Gasteiger charge is -2.30. The van der Waals surface area contributed by atoms with Crippen LogP contribution >= 0.6 is 11.6 Å². The lowest BCUT2D eigenvalue weighted by molar-refractivity contribution is 0.190. The monoisotopic (exact) mass is 334 g/mol. The van der Waals surface area contributed by atoms with E-state index in [4.69, 9.17) is 16.1 Å². The minimum absolute atomic E-state index is 0.170. The summed E-state index contributed by atoms with van der Waals surface area (Å²) in [5.41, 5.74) is 0.926. The van der Waals surface area contributed by atoms with Crippen LogP contribution in [0, 0.1) is 0 Å². The van der Waals surface area contributed by atoms with Gasteiger partial charge in [-0.05, 0) is 31.2 Å². The standard InChI is InChI=1S/C17H23ClN4O/c1-17(2,10-12-5-4-6-13(18)9-12)16-20-15(21-23-16)14-11-19-7-8-22(14)3/h4-6,9,14,19H,7-8,10-11H2,1-3H3. The second-order valence-electron chi connectivity index (χ2n) is 6.85. The third-order valence-electron chi connectivity index (χ3n) is 4.36. The maximum Gasteiger partial charge on any atom is 0.232 e. The summed E-state index contributed by atoms with van der Waals surface area (Å²) in [5.74, 6) is 1.43. The Bertz CT molecular complexity index is 670. The number of benzene rings is 1. The number of likely N-dealkylation sites (N-methyl/N-ethyl adjacent to an activating group) is 1. The molecular formula is C17H23ClN4O. The Morgan fingerprint density at radius 2 is 2.26 bits per heavy atom. The molecule has 3 rings (SSSR count). The van der Waals surface area contributed by atoms with Crippen LogP contribution in [-0.2, 0) is 11.8 Å². The lowest BCUT2D eigenvalue weighted by Crippen LogP contribution is -2.44. The van der Waals surface area contributed by atoms with E-state index < -0.39 is 0 Å². The molecule has 0 radical (unpaired) electrons. The van der Waals surface area contributed by atoms with Gasteiger partial charge in [0.25, 0.3) is 0 Å². The van der Waals surface area contributed by atoms with Crippen molar-refractivity contribution in [2.45, 2.75) is 31.7 Å². The van der Waals surface area contributed by atoms with Crippen LogP contribution in [0.4, 0.5) is 0 Å². The van der Waals surface area contributed by atoms with Crippen LogP contribution in [-0.4, -0.2) is 41.7 Å². The van der Waals surface area contributed by atoms with Crippen molar-refractivity contribution in [1.82, 2.24) is 20.4 Å². The number of rotatable bonds is 4. The number of nitrogens with zero attached hydrogens (tertiary/aromatic N) is 3. The van der Waals surface area contributed by atoms with E-state index in [1.54, 1.807) is 0 Å². The summed E-state index contributed by atoms with van der Waals surface area (Å²) in [6.07, 6.45) is 0.800. The summed E-state index contributed by atoms with van der Waals surface area (Å²) in [4.78, 5) is 6.94. The van der Waals surface area contributed by atoms with Gasteiger partial charge >= 0.3 is 0 Å². The number of hydrogen-bond acceptors (Lipinski definition) is 5. The zero-order valence-corrected chi connectivity index (χ0v) is 14.6. The first-order valence-corrected chi connectivity index (χ1v) is 8.33. The zero-order chi connectivity index (χ0) is 16.4. The smallest absolute Gasteiger partial charge is 0.232 e. The summed E-state index contributed by atoms with van der Waals surface area (Å²) in [6.45, 7) is 7.07. The fraction of sp³-hybridized carbons (Fsp3) is 0.529. The van der Waals surface area contributed by atoms with Crippen LogP contribution in [0.3, 0.4) is 0 Å². The van der Waals surface area contributed by atoms with E-state index in [0.717, 1.165) is 36.9 Å². The van der Waals surface area contributed by atoms with Gasteiger partial charge in [0.1, 0.15) is 0 Å². The molecule has 5 nitrogen and oxygen atoms in total. The van der Waals surface area contributed by atoms with Crippen LogP contribution in [0.5, 0.6) is 0 Å². The van der Waals surface area contributed by atoms with Gasteiger partial charge in [0.15, 0.2) is 5.82 Å². The maximum atomic E-state index is 6.08. The maximum absolute atomic E-state index is 6.08. The molecular weight excluding hydrogens is 312 g/mol. The minimum atomic E-state index is -0.239. The molecule has 124 valence electrons. The Kier molecular flexibility index (Phi) is 4.71. The lowest BCUT2D eigenvalue weighted by atomic mass is 9.85. The van der Waals surface area contributed by atoms with Gasteiger partial charge in [0.2, 0.25) is 5.89 Å². The number of piperazine rings is 1. The molecule has 1 aromatic heterocycles. The first kappa shape index (κ1) is 16.4. The summed E-state index contributed by atoms with van der Waals surface area (Å²) >= 11 is 6.08. The fourth-order valence-corrected chi connectivity index (χ4v) is 3.19. The van der Waals surface area contributed by atoms with Crippen molar-refractivity contribution in [3.05, 3.63) is 46.6 Å². The van der Waals surface area contributed by atoms with Crippen molar-refractivity contribution in [3.63, 3.8) is 0 Å². The topological polar surface area (TPSA) is 54.2 Å². The Balaban J connectivity index is 1.78. The third-order valence-corrected chi connectivity index (χ3v) is 4.60. The largest absolute Gasteiger partial charge is 0.339 e. The molecule has 23 heavy (non-hydrogen) atoms. The van der Waals surface area contributed by atoms with Gasteiger partial charge in [-0.1, -0.05) is 42.7 Å². The van der Waals surface area contributed by atoms with Crippen molar-refractivity contribution in [1.29, 1.82) is 0 Å². The van der Waals surface area contributed by atoms with Crippen LogP contribution in [0.1, 0.15) is 37.2 Å². The zero-order valence-electron chi connectivity index (χ0n) is 13.8. The molecule has 1 aromatic carbocycles. The molecule has 1 unspecified atom stereocenters. The van der Waals surface area contributed by atoms with Crippen molar-refractivity contribution in [3.8, 4) is 0 Å². The summed E-state index contributed by atoms with van der Waals surface area (Å²) in [7, 11) is 2.10. The molecule has 1 aliphatic rings. The molecule has 1 aliphatic heterocycles. The average molecular weight is 335 g/mol. The summed E-state index contributed by atoms with van der Waals surface area (Å²) < 4.78 is 5.58. The SMILES string of the molecule is CN1CCNCC1c1noc(C(C)(C)Cc2cccc(Cl)c2)n1. The molecule has 0 aliphatic carbocycles. The number of nitrogens with one attached hydrogen (secondary N) is 1. The quantitative estimate of drug-likeness (QED) is 0.931. The van der Waals surface area contributed by atoms with Crippen molar-refractivity contribution in [2.24, 2.45) is 0 Å². The second-order valence-corrected chi connectivity index (χ2v) is 7.29. The Labute approximate surface area is 142 Å². The molecule has 0 spiro atoms. The highest BCUT2D eigenvalue weighted by atomic mass is 35.5. The molecule has 1 N–H and O–H groups in total. The molecule has 1 saturated heterocycles. The molecule has 2 heterocycles. The molecule has 2 aromatic rings. The normalized spacial score (nSPS) is 19.9. The fourth-order valence-electron chi connectivity index (χ4n) is 2.97. The first-order valence-electron chi connectivity index (χ1n) is 7.95. The highest BCUT2D eigenvalue weighted by Gasteiger charge is 2.31. The van der Waals surface area contributed by atoms with Gasteiger partial charge in [0, 0.05) is 30.1 Å². The van der Waals surface area contributed by atoms with E-state index in [2.05, 4.69) is 47.3 Å². The van der Waals surface area contributed by atoms with Gasteiger partial charge in [-0.3, -0.25) is 4.90 Å². The molecule has 0 amide bonds. The Morgan fingerprint density at radius 1 is 1.43 bits per heavy atom. The van der Waals surface area contributed by atoms with Crippen LogP contribution in [0.15, 0.2) is 28.8 Å². The molecule has 0 bridgehead atoms. The minimum Gasteiger partial charge on any atom is -0.339 e. The van der Waals surface area contributed by atoms with E-state index in [9.17, 15) is 0 Å². The predicted molar refractivity (Wildman–Crippen MR) is 90.7 cm³/mol. The van der Waals surface area contributed by atoms with Crippen LogP contribution < -0.4 is 5.32 Å².